The smallest absolute Gasteiger partial charge is 0.347 e. The van der Waals surface area contributed by atoms with Crippen molar-refractivity contribution in [1.29, 1.82) is 0 Å². The molecule has 2 aromatic heterocycles. The Morgan fingerprint density at radius 2 is 1.81 bits per heavy atom. The molecule has 188 valence electrons. The highest BCUT2D eigenvalue weighted by molar-refractivity contribution is 6.74. The molecule has 1 aliphatic rings. The van der Waals surface area contributed by atoms with E-state index in [4.69, 9.17) is 9.16 Å². The molecule has 0 aliphatic carbocycles. The number of ether oxygens (including phenoxy) is 1. The first-order valence-corrected chi connectivity index (χ1v) is 14.9. The topological polar surface area (TPSA) is 70.4 Å². The molecule has 0 N–H and O–H groups in total. The molecule has 0 saturated heterocycles. The summed E-state index contributed by atoms with van der Waals surface area (Å²) in [6.07, 6.45) is 7.54. The normalized spacial score (nSPS) is 14.9. The van der Waals surface area contributed by atoms with Crippen LogP contribution in [0, 0.1) is 5.82 Å². The predicted octanol–water partition coefficient (Wildman–Crippen LogP) is 6.14. The van der Waals surface area contributed by atoms with Crippen molar-refractivity contribution in [3.8, 4) is 0 Å². The number of cyclic esters (lactones) is 2. The summed E-state index contributed by atoms with van der Waals surface area (Å²) >= 11 is 0. The summed E-state index contributed by atoms with van der Waals surface area (Å²) in [4.78, 5) is 29.8. The Morgan fingerprint density at radius 1 is 1.08 bits per heavy atom. The minimum atomic E-state index is -1.84. The molecular formula is C28H31FN2O4Si. The van der Waals surface area contributed by atoms with Crippen molar-refractivity contribution < 1.29 is 23.1 Å². The number of pyridine rings is 1. The number of rotatable bonds is 8. The lowest BCUT2D eigenvalue weighted by Crippen LogP contribution is -2.41. The number of fused-ring (bicyclic) bond motifs is 1. The Kier molecular flexibility index (Phi) is 7.11. The van der Waals surface area contributed by atoms with Gasteiger partial charge in [0.1, 0.15) is 11.5 Å². The summed E-state index contributed by atoms with van der Waals surface area (Å²) < 4.78 is 26.5. The van der Waals surface area contributed by atoms with Crippen LogP contribution in [0.15, 0.2) is 60.4 Å². The zero-order chi connectivity index (χ0) is 26.1. The molecule has 3 heterocycles. The lowest BCUT2D eigenvalue weighted by molar-refractivity contribution is -0.150. The largest absolute Gasteiger partial charge is 0.417 e. The van der Waals surface area contributed by atoms with E-state index >= 15 is 0 Å². The first-order chi connectivity index (χ1) is 17.0. The van der Waals surface area contributed by atoms with E-state index in [9.17, 15) is 14.0 Å². The molecule has 0 saturated carbocycles. The maximum atomic E-state index is 13.2. The SMILES string of the molecule is CC(C)(C)[Si](C)(C)OCCCn1cc(C2=C(C=Cc3ccc(F)cc3)C(=O)OC2=O)c2cccnc21. The molecule has 0 radical (unpaired) electrons. The van der Waals surface area contributed by atoms with Gasteiger partial charge in [-0.05, 0) is 60.5 Å². The van der Waals surface area contributed by atoms with Crippen LogP contribution in [0.1, 0.15) is 38.3 Å². The zero-order valence-electron chi connectivity index (χ0n) is 21.3. The van der Waals surface area contributed by atoms with Crippen LogP contribution in [0.2, 0.25) is 18.1 Å². The van der Waals surface area contributed by atoms with E-state index < -0.39 is 20.3 Å². The van der Waals surface area contributed by atoms with Gasteiger partial charge in [0, 0.05) is 36.5 Å². The fourth-order valence-corrected chi connectivity index (χ4v) is 4.92. The molecule has 0 unspecified atom stereocenters. The Labute approximate surface area is 211 Å². The zero-order valence-corrected chi connectivity index (χ0v) is 22.3. The van der Waals surface area contributed by atoms with Gasteiger partial charge in [-0.15, -0.1) is 0 Å². The maximum absolute atomic E-state index is 13.2. The molecule has 36 heavy (non-hydrogen) atoms. The van der Waals surface area contributed by atoms with E-state index in [1.807, 2.05) is 16.8 Å². The van der Waals surface area contributed by atoms with Gasteiger partial charge >= 0.3 is 11.9 Å². The van der Waals surface area contributed by atoms with Crippen molar-refractivity contribution >= 4 is 42.9 Å². The number of carbonyl (C=O) groups excluding carboxylic acids is 2. The number of carbonyl (C=O) groups is 2. The van der Waals surface area contributed by atoms with Gasteiger partial charge in [-0.25, -0.2) is 19.0 Å². The summed E-state index contributed by atoms with van der Waals surface area (Å²) in [7, 11) is -1.84. The third-order valence-corrected chi connectivity index (χ3v) is 11.4. The van der Waals surface area contributed by atoms with Crippen LogP contribution in [-0.2, 0) is 25.3 Å². The highest BCUT2D eigenvalue weighted by atomic mass is 28.4. The third-order valence-electron chi connectivity index (χ3n) is 6.91. The van der Waals surface area contributed by atoms with Crippen molar-refractivity contribution in [2.45, 2.75) is 51.9 Å². The summed E-state index contributed by atoms with van der Waals surface area (Å²) in [5.41, 5.74) is 2.38. The molecule has 0 atom stereocenters. The number of hydrogen-bond acceptors (Lipinski definition) is 5. The van der Waals surface area contributed by atoms with Crippen LogP contribution < -0.4 is 0 Å². The standard InChI is InChI=1S/C28H31FN2O4Si/c1-28(2,3)36(4,5)34-17-7-16-31-18-23(21-8-6-15-30-25(21)31)24-22(26(32)35-27(24)33)14-11-19-9-12-20(29)13-10-19/h6,8-15,18H,7,16-17H2,1-5H3. The molecule has 8 heteroatoms. The summed E-state index contributed by atoms with van der Waals surface area (Å²) in [6, 6.07) is 9.53. The second kappa shape index (κ2) is 9.95. The molecule has 0 bridgehead atoms. The molecule has 6 nitrogen and oxygen atoms in total. The van der Waals surface area contributed by atoms with E-state index in [-0.39, 0.29) is 22.0 Å². The average molecular weight is 507 g/mol. The number of nitrogens with zero attached hydrogens (tertiary/aromatic N) is 2. The van der Waals surface area contributed by atoms with Crippen LogP contribution >= 0.6 is 0 Å². The lowest BCUT2D eigenvalue weighted by Gasteiger charge is -2.36. The fourth-order valence-electron chi connectivity index (χ4n) is 3.83. The number of hydrogen-bond donors (Lipinski definition) is 0. The number of benzene rings is 1. The summed E-state index contributed by atoms with van der Waals surface area (Å²) in [5.74, 6) is -1.75. The van der Waals surface area contributed by atoms with Crippen molar-refractivity contribution in [2.24, 2.45) is 0 Å². The van der Waals surface area contributed by atoms with E-state index in [1.165, 1.54) is 12.1 Å². The van der Waals surface area contributed by atoms with Gasteiger partial charge < -0.3 is 13.7 Å². The molecule has 0 spiro atoms. The van der Waals surface area contributed by atoms with Crippen LogP contribution in [-0.4, -0.2) is 36.4 Å². The second-order valence-corrected chi connectivity index (χ2v) is 15.2. The minimum absolute atomic E-state index is 0.140. The van der Waals surface area contributed by atoms with E-state index in [0.717, 1.165) is 17.5 Å². The average Bonchev–Trinajstić information content (AvgIpc) is 3.31. The van der Waals surface area contributed by atoms with E-state index in [0.29, 0.717) is 24.3 Å². The Balaban J connectivity index is 1.64. The molecule has 1 aromatic carbocycles. The molecule has 3 aromatic rings. The highest BCUT2D eigenvalue weighted by Crippen LogP contribution is 2.37. The fraction of sp³-hybridized carbons (Fsp3) is 0.321. The number of aryl methyl sites for hydroxylation is 1. The van der Waals surface area contributed by atoms with Crippen molar-refractivity contribution in [2.75, 3.05) is 6.61 Å². The van der Waals surface area contributed by atoms with Crippen LogP contribution in [0.25, 0.3) is 22.7 Å². The molecule has 4 rings (SSSR count). The van der Waals surface area contributed by atoms with Gasteiger partial charge in [0.05, 0.1) is 11.1 Å². The van der Waals surface area contributed by atoms with E-state index in [1.54, 1.807) is 36.5 Å². The molecule has 0 fully saturated rings. The maximum Gasteiger partial charge on any atom is 0.347 e. The summed E-state index contributed by atoms with van der Waals surface area (Å²) in [6.45, 7) is 12.4. The highest BCUT2D eigenvalue weighted by Gasteiger charge is 2.37. The Morgan fingerprint density at radius 3 is 2.50 bits per heavy atom. The van der Waals surface area contributed by atoms with Crippen LogP contribution in [0.4, 0.5) is 4.39 Å². The predicted molar refractivity (Wildman–Crippen MR) is 141 cm³/mol. The van der Waals surface area contributed by atoms with E-state index in [2.05, 4.69) is 38.8 Å². The number of aromatic nitrogens is 2. The Hall–Kier alpha value is -3.36. The van der Waals surface area contributed by atoms with Gasteiger partial charge in [-0.2, -0.15) is 0 Å². The molecular weight excluding hydrogens is 475 g/mol. The Bertz CT molecular complexity index is 1360. The van der Waals surface area contributed by atoms with Gasteiger partial charge in [-0.3, -0.25) is 0 Å². The third kappa shape index (κ3) is 5.24. The summed E-state index contributed by atoms with van der Waals surface area (Å²) in [5, 5.41) is 0.902. The van der Waals surface area contributed by atoms with Crippen molar-refractivity contribution in [1.82, 2.24) is 9.55 Å². The molecule has 1 aliphatic heterocycles. The number of esters is 2. The van der Waals surface area contributed by atoms with Gasteiger partial charge in [0.25, 0.3) is 0 Å². The monoisotopic (exact) mass is 506 g/mol. The first kappa shape index (κ1) is 25.7. The lowest BCUT2D eigenvalue weighted by atomic mass is 10.0. The van der Waals surface area contributed by atoms with Gasteiger partial charge in [-0.1, -0.05) is 39.0 Å². The second-order valence-electron chi connectivity index (χ2n) is 10.4. The van der Waals surface area contributed by atoms with Crippen LogP contribution in [0.3, 0.4) is 0 Å². The van der Waals surface area contributed by atoms with Gasteiger partial charge in [0.15, 0.2) is 8.32 Å². The molecule has 0 amide bonds. The van der Waals surface area contributed by atoms with Crippen LogP contribution in [0.5, 0.6) is 0 Å². The first-order valence-electron chi connectivity index (χ1n) is 12.0. The quantitative estimate of drug-likeness (QED) is 0.159. The van der Waals surface area contributed by atoms with Crippen molar-refractivity contribution in [3.63, 3.8) is 0 Å². The minimum Gasteiger partial charge on any atom is -0.417 e. The van der Waals surface area contributed by atoms with Gasteiger partial charge in [0.2, 0.25) is 0 Å². The van der Waals surface area contributed by atoms with Crippen molar-refractivity contribution in [3.05, 3.63) is 77.4 Å². The number of halogens is 1.